The fraction of sp³-hybridized carbons (Fsp3) is 0.333. The Balaban J connectivity index is 1.25. The predicted octanol–water partition coefficient (Wildman–Crippen LogP) is 5.06. The smallest absolute Gasteiger partial charge is 0.0469 e. The van der Waals surface area contributed by atoms with E-state index in [9.17, 15) is 0 Å². The molecule has 2 heteroatoms. The van der Waals surface area contributed by atoms with Crippen LogP contribution in [0.1, 0.15) is 24.0 Å². The zero-order valence-electron chi connectivity index (χ0n) is 15.4. The van der Waals surface area contributed by atoms with Gasteiger partial charge in [-0.1, -0.05) is 72.8 Å². The molecule has 2 nitrogen and oxygen atoms in total. The molecule has 26 heavy (non-hydrogen) atoms. The van der Waals surface area contributed by atoms with Crippen LogP contribution in [0.4, 0.5) is 0 Å². The molecule has 2 aromatic carbocycles. The summed E-state index contributed by atoms with van der Waals surface area (Å²) in [6.45, 7) is 4.47. The average molecular weight is 345 g/mol. The van der Waals surface area contributed by atoms with E-state index >= 15 is 0 Å². The number of nitrogens with zero attached hydrogens (tertiary/aromatic N) is 2. The van der Waals surface area contributed by atoms with Gasteiger partial charge in [0.05, 0.1) is 0 Å². The van der Waals surface area contributed by atoms with Crippen molar-refractivity contribution < 1.29 is 0 Å². The van der Waals surface area contributed by atoms with E-state index in [0.29, 0.717) is 5.92 Å². The minimum atomic E-state index is 0.598. The van der Waals surface area contributed by atoms with E-state index in [4.69, 9.17) is 0 Å². The van der Waals surface area contributed by atoms with E-state index in [-0.39, 0.29) is 0 Å². The van der Waals surface area contributed by atoms with Crippen LogP contribution in [0, 0.1) is 11.8 Å². The van der Waals surface area contributed by atoms with Crippen molar-refractivity contribution in [2.75, 3.05) is 13.1 Å². The van der Waals surface area contributed by atoms with E-state index in [2.05, 4.69) is 95.0 Å². The second-order valence-electron chi connectivity index (χ2n) is 7.52. The summed E-state index contributed by atoms with van der Waals surface area (Å²) in [5.41, 5.74) is 2.79. The Bertz CT molecular complexity index is 713. The van der Waals surface area contributed by atoms with Crippen molar-refractivity contribution in [1.82, 2.24) is 9.80 Å². The van der Waals surface area contributed by atoms with Crippen molar-refractivity contribution in [3.63, 3.8) is 0 Å². The maximum absolute atomic E-state index is 2.60. The highest BCUT2D eigenvalue weighted by Gasteiger charge is 2.24. The number of likely N-dealkylation sites (tertiary alicyclic amines) is 1. The Labute approximate surface area is 157 Å². The summed E-state index contributed by atoms with van der Waals surface area (Å²) in [6.07, 6.45) is 11.9. The fourth-order valence-electron chi connectivity index (χ4n) is 4.09. The summed E-state index contributed by atoms with van der Waals surface area (Å²) in [6, 6.07) is 21.5. The monoisotopic (exact) mass is 344 g/mol. The molecule has 2 aliphatic heterocycles. The van der Waals surface area contributed by atoms with Crippen LogP contribution < -0.4 is 0 Å². The second kappa shape index (κ2) is 8.37. The lowest BCUT2D eigenvalue weighted by atomic mass is 9.83. The van der Waals surface area contributed by atoms with E-state index in [1.807, 2.05) is 0 Å². The number of hydrogen-bond acceptors (Lipinski definition) is 2. The highest BCUT2D eigenvalue weighted by atomic mass is 15.1. The molecule has 2 aromatic rings. The van der Waals surface area contributed by atoms with Crippen LogP contribution in [0.15, 0.2) is 85.2 Å². The molecule has 1 fully saturated rings. The van der Waals surface area contributed by atoms with E-state index in [1.54, 1.807) is 0 Å². The summed E-state index contributed by atoms with van der Waals surface area (Å²) < 4.78 is 0. The normalized spacial score (nSPS) is 19.2. The summed E-state index contributed by atoms with van der Waals surface area (Å²) in [4.78, 5) is 4.89. The zero-order chi connectivity index (χ0) is 17.6. The second-order valence-corrected chi connectivity index (χ2v) is 7.52. The van der Waals surface area contributed by atoms with Crippen LogP contribution in [0.25, 0.3) is 0 Å². The molecule has 2 aliphatic rings. The standard InChI is InChI=1S/C24H28N2/c1-3-7-21(8-4-1)19-25-15-11-23(12-16-25)24-13-17-26(18-14-24)20-22-9-5-2-6-10-22/h1-12,15-16,23-24H,13-14,17-20H2. The third-order valence-electron chi connectivity index (χ3n) is 5.63. The first-order chi connectivity index (χ1) is 12.9. The van der Waals surface area contributed by atoms with E-state index in [0.717, 1.165) is 19.0 Å². The summed E-state index contributed by atoms with van der Waals surface area (Å²) >= 11 is 0. The molecule has 4 rings (SSSR count). The molecule has 0 atom stereocenters. The molecule has 0 N–H and O–H groups in total. The van der Waals surface area contributed by atoms with Gasteiger partial charge in [0.1, 0.15) is 0 Å². The average Bonchev–Trinajstić information content (AvgIpc) is 2.71. The van der Waals surface area contributed by atoms with Crippen LogP contribution in [-0.4, -0.2) is 22.9 Å². The van der Waals surface area contributed by atoms with Gasteiger partial charge in [0.15, 0.2) is 0 Å². The number of piperidine rings is 1. The zero-order valence-corrected chi connectivity index (χ0v) is 15.4. The molecular weight excluding hydrogens is 316 g/mol. The Morgan fingerprint density at radius 2 is 1.23 bits per heavy atom. The topological polar surface area (TPSA) is 6.48 Å². The number of rotatable bonds is 5. The SMILES string of the molecule is C1=CN(Cc2ccccc2)C=CC1C1CCN(Cc2ccccc2)CC1. The minimum Gasteiger partial charge on any atom is -0.351 e. The first-order valence-electron chi connectivity index (χ1n) is 9.79. The van der Waals surface area contributed by atoms with Crippen molar-refractivity contribution in [2.45, 2.75) is 25.9 Å². The minimum absolute atomic E-state index is 0.598. The molecule has 0 amide bonds. The van der Waals surface area contributed by atoms with Gasteiger partial charge >= 0.3 is 0 Å². The van der Waals surface area contributed by atoms with Gasteiger partial charge in [0.25, 0.3) is 0 Å². The van der Waals surface area contributed by atoms with Crippen LogP contribution >= 0.6 is 0 Å². The molecule has 0 spiro atoms. The van der Waals surface area contributed by atoms with Crippen molar-refractivity contribution in [3.8, 4) is 0 Å². The van der Waals surface area contributed by atoms with Crippen molar-refractivity contribution in [3.05, 3.63) is 96.3 Å². The van der Waals surface area contributed by atoms with Gasteiger partial charge in [-0.3, -0.25) is 4.90 Å². The van der Waals surface area contributed by atoms with Gasteiger partial charge < -0.3 is 4.90 Å². The highest BCUT2D eigenvalue weighted by molar-refractivity contribution is 5.18. The van der Waals surface area contributed by atoms with E-state index < -0.39 is 0 Å². The molecule has 0 aromatic heterocycles. The third kappa shape index (κ3) is 4.44. The lowest BCUT2D eigenvalue weighted by molar-refractivity contribution is 0.163. The van der Waals surface area contributed by atoms with Gasteiger partial charge in [-0.15, -0.1) is 0 Å². The molecule has 2 heterocycles. The molecule has 0 radical (unpaired) electrons. The van der Waals surface area contributed by atoms with Crippen molar-refractivity contribution in [2.24, 2.45) is 11.8 Å². The van der Waals surface area contributed by atoms with Crippen molar-refractivity contribution >= 4 is 0 Å². The van der Waals surface area contributed by atoms with Crippen LogP contribution in [0.2, 0.25) is 0 Å². The molecule has 0 saturated carbocycles. The molecule has 0 bridgehead atoms. The molecule has 0 unspecified atom stereocenters. The third-order valence-corrected chi connectivity index (χ3v) is 5.63. The predicted molar refractivity (Wildman–Crippen MR) is 108 cm³/mol. The maximum Gasteiger partial charge on any atom is 0.0469 e. The Morgan fingerprint density at radius 1 is 0.692 bits per heavy atom. The van der Waals surface area contributed by atoms with Gasteiger partial charge in [-0.05, 0) is 43.0 Å². The quantitative estimate of drug-likeness (QED) is 0.748. The number of hydrogen-bond donors (Lipinski definition) is 0. The van der Waals surface area contributed by atoms with Crippen LogP contribution in [0.5, 0.6) is 0 Å². The highest BCUT2D eigenvalue weighted by Crippen LogP contribution is 2.30. The van der Waals surface area contributed by atoms with Crippen LogP contribution in [0.3, 0.4) is 0 Å². The van der Waals surface area contributed by atoms with E-state index in [1.165, 1.54) is 37.1 Å². The summed E-state index contributed by atoms with van der Waals surface area (Å²) in [7, 11) is 0. The van der Waals surface area contributed by atoms with Gasteiger partial charge in [0.2, 0.25) is 0 Å². The molecule has 0 aliphatic carbocycles. The lowest BCUT2D eigenvalue weighted by Crippen LogP contribution is -2.35. The Morgan fingerprint density at radius 3 is 1.81 bits per heavy atom. The number of benzene rings is 2. The van der Waals surface area contributed by atoms with Gasteiger partial charge in [-0.25, -0.2) is 0 Å². The molecular formula is C24H28N2. The largest absolute Gasteiger partial charge is 0.351 e. The Kier molecular flexibility index (Phi) is 5.51. The van der Waals surface area contributed by atoms with Crippen LogP contribution in [-0.2, 0) is 13.1 Å². The number of allylic oxidation sites excluding steroid dienone is 2. The lowest BCUT2D eigenvalue weighted by Gasteiger charge is -2.35. The first-order valence-corrected chi connectivity index (χ1v) is 9.79. The first kappa shape index (κ1) is 17.1. The fourth-order valence-corrected chi connectivity index (χ4v) is 4.09. The van der Waals surface area contributed by atoms with Crippen molar-refractivity contribution in [1.29, 1.82) is 0 Å². The molecule has 134 valence electrons. The Hall–Kier alpha value is -2.32. The summed E-state index contributed by atoms with van der Waals surface area (Å²) in [5.74, 6) is 1.38. The molecule has 1 saturated heterocycles. The maximum atomic E-state index is 2.60. The van der Waals surface area contributed by atoms with Gasteiger partial charge in [-0.2, -0.15) is 0 Å². The summed E-state index contributed by atoms with van der Waals surface area (Å²) in [5, 5.41) is 0. The van der Waals surface area contributed by atoms with Gasteiger partial charge in [0, 0.05) is 31.4 Å².